The summed E-state index contributed by atoms with van der Waals surface area (Å²) in [4.78, 5) is 12.3. The van der Waals surface area contributed by atoms with Crippen LogP contribution in [-0.4, -0.2) is 28.6 Å². The number of rotatable bonds is 2. The van der Waals surface area contributed by atoms with Crippen molar-refractivity contribution in [2.75, 3.05) is 6.54 Å². The molecule has 1 heterocycles. The summed E-state index contributed by atoms with van der Waals surface area (Å²) in [5, 5.41) is 9.20. The maximum Gasteiger partial charge on any atom is 0.176 e. The van der Waals surface area contributed by atoms with Crippen LogP contribution in [0.3, 0.4) is 0 Å². The van der Waals surface area contributed by atoms with Gasteiger partial charge in [-0.3, -0.25) is 4.79 Å². The highest BCUT2D eigenvalue weighted by atomic mass is 16.3. The number of carbonyl (C=O) groups excluding carboxylic acids is 1. The Morgan fingerprint density at radius 3 is 3.00 bits per heavy atom. The van der Waals surface area contributed by atoms with E-state index >= 15 is 0 Å². The second-order valence-corrected chi connectivity index (χ2v) is 2.34. The molecule has 10 heavy (non-hydrogen) atoms. The van der Waals surface area contributed by atoms with Gasteiger partial charge in [0.25, 0.3) is 0 Å². The van der Waals surface area contributed by atoms with Crippen molar-refractivity contribution in [2.45, 2.75) is 19.6 Å². The number of hydrogen-bond acceptors (Lipinski definition) is 3. The summed E-state index contributed by atoms with van der Waals surface area (Å²) in [6.45, 7) is 2.20. The average molecular weight is 141 g/mol. The Labute approximate surface area is 59.9 Å². The van der Waals surface area contributed by atoms with Gasteiger partial charge in [0, 0.05) is 6.20 Å². The second-order valence-electron chi connectivity index (χ2n) is 2.34. The van der Waals surface area contributed by atoms with Crippen LogP contribution < -0.4 is 0 Å². The van der Waals surface area contributed by atoms with Crippen molar-refractivity contribution in [3.63, 3.8) is 0 Å². The molecule has 1 aliphatic rings. The van der Waals surface area contributed by atoms with Gasteiger partial charge >= 0.3 is 0 Å². The average Bonchev–Trinajstić information content (AvgIpc) is 2.34. The van der Waals surface area contributed by atoms with Crippen LogP contribution in [0.4, 0.5) is 0 Å². The monoisotopic (exact) mass is 141 g/mol. The summed E-state index contributed by atoms with van der Waals surface area (Å²) in [5.74, 6) is 0.0625. The van der Waals surface area contributed by atoms with Crippen LogP contribution >= 0.6 is 0 Å². The standard InChI is InChI=1S/C7H11NO2/c1-2-7(10)8-4-3-6(9)5-8/h3-4,7,10H,2,5H2,1H3. The first kappa shape index (κ1) is 7.28. The van der Waals surface area contributed by atoms with Gasteiger partial charge in [0.05, 0.1) is 6.54 Å². The van der Waals surface area contributed by atoms with Gasteiger partial charge in [-0.2, -0.15) is 0 Å². The fraction of sp³-hybridized carbons (Fsp3) is 0.571. The summed E-state index contributed by atoms with van der Waals surface area (Å²) >= 11 is 0. The lowest BCUT2D eigenvalue weighted by Crippen LogP contribution is -2.29. The Bertz CT molecular complexity index is 165. The molecular weight excluding hydrogens is 130 g/mol. The first-order valence-electron chi connectivity index (χ1n) is 3.39. The van der Waals surface area contributed by atoms with Gasteiger partial charge in [-0.15, -0.1) is 0 Å². The normalized spacial score (nSPS) is 20.2. The molecule has 0 radical (unpaired) electrons. The number of ketones is 1. The summed E-state index contributed by atoms with van der Waals surface area (Å²) in [7, 11) is 0. The molecule has 0 aliphatic carbocycles. The van der Waals surface area contributed by atoms with Crippen molar-refractivity contribution in [3.05, 3.63) is 12.3 Å². The molecule has 1 aliphatic heterocycles. The minimum Gasteiger partial charge on any atom is -0.374 e. The topological polar surface area (TPSA) is 40.5 Å². The van der Waals surface area contributed by atoms with Crippen molar-refractivity contribution < 1.29 is 9.90 Å². The zero-order valence-electron chi connectivity index (χ0n) is 5.95. The van der Waals surface area contributed by atoms with Crippen LogP contribution in [0.5, 0.6) is 0 Å². The molecule has 0 saturated carbocycles. The van der Waals surface area contributed by atoms with E-state index in [4.69, 9.17) is 0 Å². The van der Waals surface area contributed by atoms with E-state index in [-0.39, 0.29) is 5.78 Å². The quantitative estimate of drug-likeness (QED) is 0.593. The molecule has 1 unspecified atom stereocenters. The number of aliphatic hydroxyl groups is 1. The molecule has 0 spiro atoms. The van der Waals surface area contributed by atoms with Crippen molar-refractivity contribution >= 4 is 5.78 Å². The van der Waals surface area contributed by atoms with E-state index in [1.807, 2.05) is 6.92 Å². The Kier molecular flexibility index (Phi) is 2.06. The summed E-state index contributed by atoms with van der Waals surface area (Å²) in [6, 6.07) is 0. The van der Waals surface area contributed by atoms with Crippen LogP contribution in [0.1, 0.15) is 13.3 Å². The van der Waals surface area contributed by atoms with Gasteiger partial charge in [-0.1, -0.05) is 6.92 Å². The highest BCUT2D eigenvalue weighted by Crippen LogP contribution is 2.06. The molecule has 1 atom stereocenters. The van der Waals surface area contributed by atoms with Gasteiger partial charge in [0.15, 0.2) is 5.78 Å². The molecule has 0 amide bonds. The van der Waals surface area contributed by atoms with Gasteiger partial charge in [0.2, 0.25) is 0 Å². The van der Waals surface area contributed by atoms with E-state index in [1.54, 1.807) is 11.1 Å². The molecule has 56 valence electrons. The zero-order chi connectivity index (χ0) is 7.56. The van der Waals surface area contributed by atoms with Crippen LogP contribution in [0.2, 0.25) is 0 Å². The predicted molar refractivity (Wildman–Crippen MR) is 37.2 cm³/mol. The third kappa shape index (κ3) is 1.36. The minimum atomic E-state index is -0.498. The van der Waals surface area contributed by atoms with Crippen LogP contribution in [-0.2, 0) is 4.79 Å². The van der Waals surface area contributed by atoms with Crippen molar-refractivity contribution in [1.82, 2.24) is 4.90 Å². The maximum atomic E-state index is 10.6. The Hall–Kier alpha value is -0.830. The second kappa shape index (κ2) is 2.84. The van der Waals surface area contributed by atoms with Crippen LogP contribution in [0.25, 0.3) is 0 Å². The van der Waals surface area contributed by atoms with Crippen molar-refractivity contribution in [1.29, 1.82) is 0 Å². The first-order chi connectivity index (χ1) is 4.74. The summed E-state index contributed by atoms with van der Waals surface area (Å²) in [5.41, 5.74) is 0. The van der Waals surface area contributed by atoms with E-state index in [9.17, 15) is 9.90 Å². The molecule has 0 aromatic carbocycles. The molecule has 3 nitrogen and oxygen atoms in total. The molecule has 1 N–H and O–H groups in total. The molecule has 0 bridgehead atoms. The van der Waals surface area contributed by atoms with Crippen molar-refractivity contribution in [3.8, 4) is 0 Å². The smallest absolute Gasteiger partial charge is 0.176 e. The number of aliphatic hydroxyl groups excluding tert-OH is 1. The van der Waals surface area contributed by atoms with Crippen LogP contribution in [0, 0.1) is 0 Å². The fourth-order valence-corrected chi connectivity index (χ4v) is 0.903. The van der Waals surface area contributed by atoms with E-state index in [1.165, 1.54) is 6.08 Å². The minimum absolute atomic E-state index is 0.0625. The lowest BCUT2D eigenvalue weighted by molar-refractivity contribution is -0.115. The lowest BCUT2D eigenvalue weighted by atomic mass is 10.4. The number of hydrogen-bond donors (Lipinski definition) is 1. The van der Waals surface area contributed by atoms with Crippen molar-refractivity contribution in [2.24, 2.45) is 0 Å². The molecule has 0 aromatic heterocycles. The van der Waals surface area contributed by atoms with E-state index in [2.05, 4.69) is 0 Å². The highest BCUT2D eigenvalue weighted by Gasteiger charge is 2.16. The van der Waals surface area contributed by atoms with E-state index in [0.717, 1.165) is 0 Å². The fourth-order valence-electron chi connectivity index (χ4n) is 0.903. The van der Waals surface area contributed by atoms with Crippen LogP contribution in [0.15, 0.2) is 12.3 Å². The highest BCUT2D eigenvalue weighted by molar-refractivity contribution is 5.93. The molecular formula is C7H11NO2. The maximum absolute atomic E-state index is 10.6. The van der Waals surface area contributed by atoms with E-state index < -0.39 is 6.23 Å². The molecule has 3 heteroatoms. The first-order valence-corrected chi connectivity index (χ1v) is 3.39. The van der Waals surface area contributed by atoms with Gasteiger partial charge < -0.3 is 10.0 Å². The zero-order valence-corrected chi connectivity index (χ0v) is 5.95. The molecule has 1 rings (SSSR count). The van der Waals surface area contributed by atoms with E-state index in [0.29, 0.717) is 13.0 Å². The van der Waals surface area contributed by atoms with Gasteiger partial charge in [-0.05, 0) is 12.5 Å². The predicted octanol–water partition coefficient (Wildman–Crippen LogP) is 0.113. The summed E-state index contributed by atoms with van der Waals surface area (Å²) < 4.78 is 0. The Balaban J connectivity index is 2.46. The number of carbonyl (C=O) groups is 1. The largest absolute Gasteiger partial charge is 0.374 e. The van der Waals surface area contributed by atoms with Gasteiger partial charge in [0.1, 0.15) is 6.23 Å². The Morgan fingerprint density at radius 2 is 2.60 bits per heavy atom. The molecule has 0 saturated heterocycles. The third-order valence-electron chi connectivity index (χ3n) is 1.54. The molecule has 0 fully saturated rings. The lowest BCUT2D eigenvalue weighted by Gasteiger charge is -2.19. The van der Waals surface area contributed by atoms with Gasteiger partial charge in [-0.25, -0.2) is 0 Å². The Morgan fingerprint density at radius 1 is 1.90 bits per heavy atom. The summed E-state index contributed by atoms with van der Waals surface area (Å²) in [6.07, 6.45) is 3.27. The molecule has 0 aromatic rings. The number of nitrogens with zero attached hydrogens (tertiary/aromatic N) is 1. The third-order valence-corrected chi connectivity index (χ3v) is 1.54. The SMILES string of the molecule is CCC(O)N1C=CC(=O)C1.